The molecule has 0 aromatic heterocycles. The Bertz CT molecular complexity index is 581. The fourth-order valence-corrected chi connectivity index (χ4v) is 4.65. The lowest BCUT2D eigenvalue weighted by atomic mass is 9.98. The highest BCUT2D eigenvalue weighted by Crippen LogP contribution is 2.26. The zero-order chi connectivity index (χ0) is 15.5. The van der Waals surface area contributed by atoms with Crippen LogP contribution in [0.5, 0.6) is 0 Å². The fourth-order valence-electron chi connectivity index (χ4n) is 2.74. The van der Waals surface area contributed by atoms with Gasteiger partial charge in [-0.3, -0.25) is 0 Å². The van der Waals surface area contributed by atoms with Gasteiger partial charge in [-0.2, -0.15) is 4.31 Å². The van der Waals surface area contributed by atoms with Crippen LogP contribution in [-0.4, -0.2) is 38.9 Å². The monoisotopic (exact) mass is 330 g/mol. The molecule has 21 heavy (non-hydrogen) atoms. The van der Waals surface area contributed by atoms with Crippen LogP contribution in [-0.2, 0) is 10.0 Å². The Morgan fingerprint density at radius 1 is 1.33 bits per heavy atom. The minimum Gasteiger partial charge on any atom is -0.317 e. The molecule has 118 valence electrons. The van der Waals surface area contributed by atoms with Crippen LogP contribution >= 0.6 is 11.6 Å². The highest BCUT2D eigenvalue weighted by atomic mass is 35.5. The van der Waals surface area contributed by atoms with Crippen LogP contribution in [0.4, 0.5) is 0 Å². The first-order valence-corrected chi connectivity index (χ1v) is 9.24. The van der Waals surface area contributed by atoms with E-state index in [0.29, 0.717) is 34.5 Å². The van der Waals surface area contributed by atoms with E-state index in [-0.39, 0.29) is 0 Å². The number of rotatable bonds is 5. The summed E-state index contributed by atoms with van der Waals surface area (Å²) in [5, 5.41) is 3.90. The maximum atomic E-state index is 12.7. The summed E-state index contributed by atoms with van der Waals surface area (Å²) < 4.78 is 27.0. The molecule has 1 heterocycles. The van der Waals surface area contributed by atoms with Crippen molar-refractivity contribution in [2.75, 3.05) is 26.2 Å². The van der Waals surface area contributed by atoms with Gasteiger partial charge in [0, 0.05) is 18.1 Å². The zero-order valence-corrected chi connectivity index (χ0v) is 14.2. The summed E-state index contributed by atoms with van der Waals surface area (Å²) in [7, 11) is -3.40. The van der Waals surface area contributed by atoms with Crippen LogP contribution in [0.3, 0.4) is 0 Å². The maximum absolute atomic E-state index is 12.7. The normalized spacial score (nSPS) is 18.0. The second-order valence-electron chi connectivity index (χ2n) is 5.56. The quantitative estimate of drug-likeness (QED) is 0.903. The number of hydrogen-bond acceptors (Lipinski definition) is 3. The first-order chi connectivity index (χ1) is 9.95. The molecular weight excluding hydrogens is 308 g/mol. The Hall–Kier alpha value is -0.620. The van der Waals surface area contributed by atoms with Gasteiger partial charge in [0.25, 0.3) is 0 Å². The largest absolute Gasteiger partial charge is 0.317 e. The van der Waals surface area contributed by atoms with Gasteiger partial charge in [0.05, 0.1) is 4.90 Å². The van der Waals surface area contributed by atoms with Crippen molar-refractivity contribution in [3.8, 4) is 0 Å². The van der Waals surface area contributed by atoms with E-state index >= 15 is 0 Å². The zero-order valence-electron chi connectivity index (χ0n) is 12.6. The lowest BCUT2D eigenvalue weighted by Gasteiger charge is -2.31. The molecule has 0 bridgehead atoms. The number of benzene rings is 1. The van der Waals surface area contributed by atoms with Crippen molar-refractivity contribution in [3.63, 3.8) is 0 Å². The molecule has 1 fully saturated rings. The van der Waals surface area contributed by atoms with Crippen molar-refractivity contribution in [1.29, 1.82) is 0 Å². The first kappa shape index (κ1) is 16.7. The molecule has 4 nitrogen and oxygen atoms in total. The van der Waals surface area contributed by atoms with Gasteiger partial charge in [-0.25, -0.2) is 8.42 Å². The van der Waals surface area contributed by atoms with Crippen molar-refractivity contribution in [3.05, 3.63) is 28.8 Å². The van der Waals surface area contributed by atoms with E-state index in [4.69, 9.17) is 11.6 Å². The molecule has 0 aliphatic carbocycles. The average molecular weight is 331 g/mol. The average Bonchev–Trinajstić information content (AvgIpc) is 2.45. The Kier molecular flexibility index (Phi) is 5.66. The molecule has 1 aliphatic rings. The van der Waals surface area contributed by atoms with Crippen molar-refractivity contribution >= 4 is 21.6 Å². The Balaban J connectivity index is 2.08. The summed E-state index contributed by atoms with van der Waals surface area (Å²) in [4.78, 5) is 0.372. The summed E-state index contributed by atoms with van der Waals surface area (Å²) in [5.74, 6) is 0.572. The van der Waals surface area contributed by atoms with E-state index in [1.807, 2.05) is 0 Å². The smallest absolute Gasteiger partial charge is 0.243 e. The summed E-state index contributed by atoms with van der Waals surface area (Å²) in [6.45, 7) is 7.01. The molecule has 1 aromatic carbocycles. The highest BCUT2D eigenvalue weighted by Gasteiger charge is 2.30. The summed E-state index contributed by atoms with van der Waals surface area (Å²) >= 11 is 5.91. The van der Waals surface area contributed by atoms with Crippen LogP contribution in [0.2, 0.25) is 5.02 Å². The number of aryl methyl sites for hydroxylation is 1. The van der Waals surface area contributed by atoms with E-state index in [0.717, 1.165) is 25.9 Å². The van der Waals surface area contributed by atoms with Gasteiger partial charge in [0.2, 0.25) is 10.0 Å². The van der Waals surface area contributed by atoms with Crippen molar-refractivity contribution < 1.29 is 8.42 Å². The van der Waals surface area contributed by atoms with Gasteiger partial charge >= 0.3 is 0 Å². The van der Waals surface area contributed by atoms with Gasteiger partial charge in [0.15, 0.2) is 0 Å². The van der Waals surface area contributed by atoms with E-state index < -0.39 is 10.0 Å². The molecule has 1 aromatic rings. The molecule has 0 saturated carbocycles. The van der Waals surface area contributed by atoms with Crippen LogP contribution in [0.15, 0.2) is 23.1 Å². The molecule has 1 saturated heterocycles. The first-order valence-electron chi connectivity index (χ1n) is 7.42. The molecule has 0 spiro atoms. The third kappa shape index (κ3) is 3.97. The van der Waals surface area contributed by atoms with Gasteiger partial charge in [-0.15, -0.1) is 0 Å². The fraction of sp³-hybridized carbons (Fsp3) is 0.600. The van der Waals surface area contributed by atoms with E-state index in [2.05, 4.69) is 12.2 Å². The number of piperidine rings is 1. The molecule has 1 aliphatic heterocycles. The molecule has 0 amide bonds. The van der Waals surface area contributed by atoms with Crippen LogP contribution in [0.1, 0.15) is 25.3 Å². The van der Waals surface area contributed by atoms with Crippen LogP contribution in [0.25, 0.3) is 0 Å². The lowest BCUT2D eigenvalue weighted by Crippen LogP contribution is -2.40. The number of halogens is 1. The third-order valence-corrected chi connectivity index (χ3v) is 6.31. The summed E-state index contributed by atoms with van der Waals surface area (Å²) in [6.07, 6.45) is 1.83. The van der Waals surface area contributed by atoms with E-state index in [1.54, 1.807) is 29.4 Å². The molecule has 6 heteroatoms. The van der Waals surface area contributed by atoms with Crippen LogP contribution < -0.4 is 5.32 Å². The minimum atomic E-state index is -3.40. The van der Waals surface area contributed by atoms with E-state index in [9.17, 15) is 8.42 Å². The predicted octanol–water partition coefficient (Wildman–Crippen LogP) is 2.66. The molecule has 1 N–H and O–H groups in total. The Morgan fingerprint density at radius 3 is 2.57 bits per heavy atom. The molecular formula is C15H23ClN2O2S. The van der Waals surface area contributed by atoms with Crippen LogP contribution in [0, 0.1) is 12.8 Å². The molecule has 0 atom stereocenters. The number of hydrogen-bond donors (Lipinski definition) is 1. The predicted molar refractivity (Wildman–Crippen MR) is 86.2 cm³/mol. The third-order valence-electron chi connectivity index (χ3n) is 4.01. The highest BCUT2D eigenvalue weighted by molar-refractivity contribution is 7.89. The van der Waals surface area contributed by atoms with Crippen molar-refractivity contribution in [2.24, 2.45) is 5.92 Å². The van der Waals surface area contributed by atoms with Crippen molar-refractivity contribution in [2.45, 2.75) is 31.6 Å². The van der Waals surface area contributed by atoms with E-state index in [1.165, 1.54) is 0 Å². The molecule has 0 radical (unpaired) electrons. The summed E-state index contributed by atoms with van der Waals surface area (Å²) in [5.41, 5.74) is 0.706. The SMILES string of the molecule is CCNCC1CCN(S(=O)(=O)c2ccc(Cl)cc2C)CC1. The van der Waals surface area contributed by atoms with Gasteiger partial charge < -0.3 is 5.32 Å². The Morgan fingerprint density at radius 2 is 2.00 bits per heavy atom. The minimum absolute atomic E-state index is 0.372. The lowest BCUT2D eigenvalue weighted by molar-refractivity contribution is 0.268. The Labute approximate surface area is 132 Å². The van der Waals surface area contributed by atoms with Gasteiger partial charge in [-0.1, -0.05) is 18.5 Å². The summed E-state index contributed by atoms with van der Waals surface area (Å²) in [6, 6.07) is 4.95. The molecule has 0 unspecified atom stereocenters. The number of nitrogens with zero attached hydrogens (tertiary/aromatic N) is 1. The maximum Gasteiger partial charge on any atom is 0.243 e. The molecule has 2 rings (SSSR count). The topological polar surface area (TPSA) is 49.4 Å². The van der Waals surface area contributed by atoms with Crippen molar-refractivity contribution in [1.82, 2.24) is 9.62 Å². The second-order valence-corrected chi connectivity index (χ2v) is 7.91. The van der Waals surface area contributed by atoms with Gasteiger partial charge in [-0.05, 0) is 62.5 Å². The van der Waals surface area contributed by atoms with Gasteiger partial charge in [0.1, 0.15) is 0 Å². The standard InChI is InChI=1S/C15H23ClN2O2S/c1-3-17-11-13-6-8-18(9-7-13)21(19,20)15-5-4-14(16)10-12(15)2/h4-5,10,13,17H,3,6-9,11H2,1-2H3. The second kappa shape index (κ2) is 7.09. The number of nitrogens with one attached hydrogen (secondary N) is 1. The number of sulfonamides is 1.